The first-order valence-electron chi connectivity index (χ1n) is 5.38. The molecule has 1 aromatic carbocycles. The minimum atomic E-state index is 0.00164. The molecule has 1 fully saturated rings. The van der Waals surface area contributed by atoms with Crippen LogP contribution in [0, 0.1) is 0 Å². The third kappa shape index (κ3) is 1.56. The number of hydrogen-bond acceptors (Lipinski definition) is 3. The molecular formula is C11H13N3OS. The van der Waals surface area contributed by atoms with Gasteiger partial charge < -0.3 is 5.32 Å². The van der Waals surface area contributed by atoms with E-state index in [0.717, 1.165) is 29.7 Å². The lowest BCUT2D eigenvalue weighted by molar-refractivity contribution is 0.548. The molecule has 0 aliphatic carbocycles. The Morgan fingerprint density at radius 3 is 3.06 bits per heavy atom. The minimum absolute atomic E-state index is 0.00164. The second kappa shape index (κ2) is 3.99. The molecule has 0 bridgehead atoms. The molecule has 1 saturated heterocycles. The number of rotatable bonds is 1. The number of aromatic amines is 1. The lowest BCUT2D eigenvalue weighted by Crippen LogP contribution is -2.31. The zero-order chi connectivity index (χ0) is 11.0. The molecular weight excluding hydrogens is 222 g/mol. The summed E-state index contributed by atoms with van der Waals surface area (Å²) in [6.07, 6.45) is 0. The molecule has 2 N–H and O–H groups in total. The van der Waals surface area contributed by atoms with Gasteiger partial charge in [0.05, 0.1) is 10.9 Å². The summed E-state index contributed by atoms with van der Waals surface area (Å²) in [5.74, 6) is 1.08. The molecule has 0 saturated carbocycles. The molecule has 16 heavy (non-hydrogen) atoms. The number of H-pyrrole nitrogens is 1. The Balaban J connectivity index is 2.12. The Morgan fingerprint density at radius 2 is 2.25 bits per heavy atom. The second-order valence-corrected chi connectivity index (χ2v) is 5.14. The van der Waals surface area contributed by atoms with Crippen molar-refractivity contribution >= 4 is 22.7 Å². The Hall–Kier alpha value is -1.20. The van der Waals surface area contributed by atoms with Gasteiger partial charge in [-0.15, -0.1) is 11.8 Å². The van der Waals surface area contributed by atoms with Crippen molar-refractivity contribution in [3.05, 3.63) is 34.6 Å². The number of fused-ring (bicyclic) bond motifs is 1. The summed E-state index contributed by atoms with van der Waals surface area (Å²) in [6.45, 7) is 1.95. The fraction of sp³-hybridized carbons (Fsp3) is 0.364. The number of nitrogens with one attached hydrogen (secondary N) is 2. The Morgan fingerprint density at radius 1 is 1.38 bits per heavy atom. The van der Waals surface area contributed by atoms with Crippen molar-refractivity contribution < 1.29 is 0 Å². The molecule has 1 atom stereocenters. The van der Waals surface area contributed by atoms with Gasteiger partial charge in [0.1, 0.15) is 5.37 Å². The van der Waals surface area contributed by atoms with Gasteiger partial charge in [0, 0.05) is 18.8 Å². The number of hydrogen-bond donors (Lipinski definition) is 2. The van der Waals surface area contributed by atoms with Crippen LogP contribution in [0.15, 0.2) is 29.1 Å². The highest BCUT2D eigenvalue weighted by Gasteiger charge is 2.18. The van der Waals surface area contributed by atoms with Crippen LogP contribution in [0.3, 0.4) is 0 Å². The first-order chi connectivity index (χ1) is 7.86. The minimum Gasteiger partial charge on any atom is -0.313 e. The monoisotopic (exact) mass is 235 g/mol. The van der Waals surface area contributed by atoms with Crippen LogP contribution in [0.25, 0.3) is 10.9 Å². The average molecular weight is 235 g/mol. The van der Waals surface area contributed by atoms with E-state index in [1.165, 1.54) is 0 Å². The highest BCUT2D eigenvalue weighted by molar-refractivity contribution is 7.99. The molecule has 84 valence electrons. The molecule has 1 unspecified atom stereocenters. The van der Waals surface area contributed by atoms with Crippen LogP contribution in [0.4, 0.5) is 0 Å². The van der Waals surface area contributed by atoms with Gasteiger partial charge in [-0.25, -0.2) is 0 Å². The molecule has 4 nitrogen and oxygen atoms in total. The highest BCUT2D eigenvalue weighted by Crippen LogP contribution is 2.26. The van der Waals surface area contributed by atoms with Gasteiger partial charge in [0.15, 0.2) is 0 Å². The molecule has 0 radical (unpaired) electrons. The van der Waals surface area contributed by atoms with Crippen LogP contribution in [0.2, 0.25) is 0 Å². The molecule has 1 aliphatic rings. The summed E-state index contributed by atoms with van der Waals surface area (Å²) in [6, 6.07) is 7.72. The van der Waals surface area contributed by atoms with Crippen molar-refractivity contribution in [2.24, 2.45) is 0 Å². The smallest absolute Gasteiger partial charge is 0.272 e. The molecule has 0 amide bonds. The van der Waals surface area contributed by atoms with E-state index in [1.54, 1.807) is 0 Å². The van der Waals surface area contributed by atoms with Crippen LogP contribution < -0.4 is 10.9 Å². The van der Waals surface area contributed by atoms with Crippen LogP contribution in [-0.4, -0.2) is 28.6 Å². The maximum absolute atomic E-state index is 11.7. The topological polar surface area (TPSA) is 49.8 Å². The zero-order valence-corrected chi connectivity index (χ0v) is 9.59. The summed E-state index contributed by atoms with van der Waals surface area (Å²) < 4.78 is 1.98. The number of thioether (sulfide) groups is 1. The lowest BCUT2D eigenvalue weighted by Gasteiger charge is -2.23. The maximum Gasteiger partial charge on any atom is 0.272 e. The third-order valence-corrected chi connectivity index (χ3v) is 4.03. The van der Waals surface area contributed by atoms with E-state index in [0.29, 0.717) is 5.37 Å². The largest absolute Gasteiger partial charge is 0.313 e. The molecule has 1 aromatic heterocycles. The van der Waals surface area contributed by atoms with Crippen molar-refractivity contribution in [2.75, 3.05) is 18.8 Å². The fourth-order valence-electron chi connectivity index (χ4n) is 2.05. The van der Waals surface area contributed by atoms with E-state index in [-0.39, 0.29) is 5.56 Å². The summed E-state index contributed by atoms with van der Waals surface area (Å²) in [7, 11) is 0. The number of para-hydroxylation sites is 1. The molecule has 3 rings (SSSR count). The van der Waals surface area contributed by atoms with Gasteiger partial charge in [0.2, 0.25) is 0 Å². The lowest BCUT2D eigenvalue weighted by atomic mass is 10.2. The van der Waals surface area contributed by atoms with Gasteiger partial charge in [0.25, 0.3) is 5.56 Å². The van der Waals surface area contributed by atoms with Crippen LogP contribution in [0.5, 0.6) is 0 Å². The Labute approximate surface area is 97.0 Å². The predicted molar refractivity (Wildman–Crippen MR) is 66.9 cm³/mol. The van der Waals surface area contributed by atoms with Crippen LogP contribution >= 0.6 is 11.8 Å². The number of nitrogens with zero attached hydrogens (tertiary/aromatic N) is 1. The highest BCUT2D eigenvalue weighted by atomic mass is 32.2. The SMILES string of the molecule is O=c1[nH]n(C2CNCCS2)c2ccccc12. The van der Waals surface area contributed by atoms with Gasteiger partial charge in [-0.1, -0.05) is 12.1 Å². The average Bonchev–Trinajstić information content (AvgIpc) is 2.69. The fourth-order valence-corrected chi connectivity index (χ4v) is 3.14. The van der Waals surface area contributed by atoms with Gasteiger partial charge in [-0.2, -0.15) is 0 Å². The van der Waals surface area contributed by atoms with Gasteiger partial charge >= 0.3 is 0 Å². The van der Waals surface area contributed by atoms with Crippen molar-refractivity contribution in [1.29, 1.82) is 0 Å². The molecule has 0 spiro atoms. The van der Waals surface area contributed by atoms with E-state index < -0.39 is 0 Å². The second-order valence-electron chi connectivity index (χ2n) is 3.86. The van der Waals surface area contributed by atoms with E-state index >= 15 is 0 Å². The molecule has 1 aliphatic heterocycles. The molecule has 2 heterocycles. The quantitative estimate of drug-likeness (QED) is 0.780. The normalized spacial score (nSPS) is 21.4. The molecule has 2 aromatic rings. The maximum atomic E-state index is 11.7. The van der Waals surface area contributed by atoms with E-state index in [2.05, 4.69) is 10.4 Å². The number of aromatic nitrogens is 2. The first-order valence-corrected chi connectivity index (χ1v) is 6.43. The van der Waals surface area contributed by atoms with Crippen LogP contribution in [0.1, 0.15) is 5.37 Å². The van der Waals surface area contributed by atoms with E-state index in [1.807, 2.05) is 40.7 Å². The first kappa shape index (κ1) is 9.99. The predicted octanol–water partition coefficient (Wildman–Crippen LogP) is 1.16. The standard InChI is InChI=1S/C11H13N3OS/c15-11-8-3-1-2-4-9(8)14(13-11)10-7-12-5-6-16-10/h1-4,10,12H,5-7H2,(H,13,15). The summed E-state index contributed by atoms with van der Waals surface area (Å²) >= 11 is 1.87. The summed E-state index contributed by atoms with van der Waals surface area (Å²) in [4.78, 5) is 11.7. The zero-order valence-electron chi connectivity index (χ0n) is 8.77. The molecule has 5 heteroatoms. The van der Waals surface area contributed by atoms with Crippen molar-refractivity contribution in [3.63, 3.8) is 0 Å². The summed E-state index contributed by atoms with van der Waals surface area (Å²) in [5.41, 5.74) is 0.996. The van der Waals surface area contributed by atoms with E-state index in [9.17, 15) is 4.79 Å². The van der Waals surface area contributed by atoms with Crippen molar-refractivity contribution in [1.82, 2.24) is 15.1 Å². The van der Waals surface area contributed by atoms with E-state index in [4.69, 9.17) is 0 Å². The Kier molecular flexibility index (Phi) is 2.49. The van der Waals surface area contributed by atoms with Crippen molar-refractivity contribution in [3.8, 4) is 0 Å². The van der Waals surface area contributed by atoms with Gasteiger partial charge in [-0.3, -0.25) is 14.6 Å². The third-order valence-electron chi connectivity index (χ3n) is 2.83. The Bertz CT molecular complexity index is 554. The van der Waals surface area contributed by atoms with Gasteiger partial charge in [-0.05, 0) is 12.1 Å². The number of benzene rings is 1. The van der Waals surface area contributed by atoms with Crippen LogP contribution in [-0.2, 0) is 0 Å². The summed E-state index contributed by atoms with van der Waals surface area (Å²) in [5, 5.41) is 7.33. The van der Waals surface area contributed by atoms with Crippen molar-refractivity contribution in [2.45, 2.75) is 5.37 Å².